The van der Waals surface area contributed by atoms with Crippen LogP contribution < -0.4 is 5.32 Å². The molecule has 1 aromatic carbocycles. The van der Waals surface area contributed by atoms with Crippen molar-refractivity contribution in [1.82, 2.24) is 10.2 Å². The number of halogens is 1. The molecule has 1 amide bonds. The first-order valence-corrected chi connectivity index (χ1v) is 8.05. The van der Waals surface area contributed by atoms with Crippen molar-refractivity contribution in [3.05, 3.63) is 32.9 Å². The number of fused-ring (bicyclic) bond motifs is 2. The molecule has 0 saturated carbocycles. The zero-order valence-corrected chi connectivity index (χ0v) is 13.3. The Balaban J connectivity index is 1.93. The molecule has 3 nitrogen and oxygen atoms in total. The smallest absolute Gasteiger partial charge is 0.254 e. The van der Waals surface area contributed by atoms with Crippen LogP contribution in [0.4, 0.5) is 0 Å². The summed E-state index contributed by atoms with van der Waals surface area (Å²) in [5.41, 5.74) is 2.00. The number of nitrogens with zero attached hydrogens (tertiary/aromatic N) is 1. The number of hydrogen-bond acceptors (Lipinski definition) is 2. The first-order valence-electron chi connectivity index (χ1n) is 6.97. The van der Waals surface area contributed by atoms with Gasteiger partial charge in [-0.25, -0.2) is 0 Å². The Morgan fingerprint density at radius 3 is 2.95 bits per heavy atom. The van der Waals surface area contributed by atoms with Crippen LogP contribution >= 0.6 is 22.6 Å². The number of nitrogens with one attached hydrogen (secondary N) is 1. The number of hydrogen-bond donors (Lipinski definition) is 1. The van der Waals surface area contributed by atoms with Gasteiger partial charge in [-0.2, -0.15) is 0 Å². The van der Waals surface area contributed by atoms with E-state index >= 15 is 0 Å². The van der Waals surface area contributed by atoms with Crippen LogP contribution in [0, 0.1) is 10.5 Å². The van der Waals surface area contributed by atoms with E-state index in [0.717, 1.165) is 37.1 Å². The second-order valence-corrected chi connectivity index (χ2v) is 6.66. The minimum absolute atomic E-state index is 0.229. The topological polar surface area (TPSA) is 32.3 Å². The Kier molecular flexibility index (Phi) is 3.80. The molecule has 2 bridgehead atoms. The molecule has 2 saturated heterocycles. The van der Waals surface area contributed by atoms with E-state index in [0.29, 0.717) is 12.1 Å². The minimum atomic E-state index is 0.229. The molecule has 2 aliphatic heterocycles. The third-order valence-electron chi connectivity index (χ3n) is 4.39. The molecule has 102 valence electrons. The number of rotatable bonds is 1. The van der Waals surface area contributed by atoms with Gasteiger partial charge in [0.1, 0.15) is 0 Å². The van der Waals surface area contributed by atoms with E-state index in [1.54, 1.807) is 0 Å². The first-order chi connectivity index (χ1) is 9.18. The van der Waals surface area contributed by atoms with Crippen LogP contribution in [0.1, 0.15) is 35.2 Å². The van der Waals surface area contributed by atoms with E-state index in [2.05, 4.69) is 38.9 Å². The molecular formula is C15H19IN2O. The maximum absolute atomic E-state index is 12.9. The van der Waals surface area contributed by atoms with E-state index in [-0.39, 0.29) is 5.91 Å². The van der Waals surface area contributed by atoms with Gasteiger partial charge in [0, 0.05) is 27.8 Å². The molecule has 2 unspecified atom stereocenters. The second-order valence-electron chi connectivity index (χ2n) is 5.50. The molecule has 2 atom stereocenters. The van der Waals surface area contributed by atoms with Gasteiger partial charge in [-0.1, -0.05) is 6.07 Å². The molecule has 3 rings (SSSR count). The molecule has 4 heteroatoms. The van der Waals surface area contributed by atoms with Crippen molar-refractivity contribution in [3.8, 4) is 0 Å². The van der Waals surface area contributed by atoms with Crippen molar-refractivity contribution in [3.63, 3.8) is 0 Å². The highest BCUT2D eigenvalue weighted by Crippen LogP contribution is 2.30. The standard InChI is InChI=1S/C15H19IN2O/c1-10-13(3-2-4-14(10)16)15(19)18-11-5-6-12(18)9-17-8-7-11/h2-4,11-12,17H,5-9H2,1H3. The van der Waals surface area contributed by atoms with Gasteiger partial charge in [0.2, 0.25) is 0 Å². The largest absolute Gasteiger partial charge is 0.331 e. The molecule has 0 aliphatic carbocycles. The van der Waals surface area contributed by atoms with Gasteiger partial charge in [0.15, 0.2) is 0 Å². The molecule has 1 N–H and O–H groups in total. The first kappa shape index (κ1) is 13.4. The molecule has 19 heavy (non-hydrogen) atoms. The summed E-state index contributed by atoms with van der Waals surface area (Å²) in [6.45, 7) is 4.04. The normalized spacial score (nSPS) is 26.3. The maximum atomic E-state index is 12.9. The molecule has 0 radical (unpaired) electrons. The molecule has 2 heterocycles. The average Bonchev–Trinajstić information content (AvgIpc) is 2.65. The summed E-state index contributed by atoms with van der Waals surface area (Å²) >= 11 is 2.30. The predicted molar refractivity (Wildman–Crippen MR) is 84.4 cm³/mol. The van der Waals surface area contributed by atoms with Gasteiger partial charge >= 0.3 is 0 Å². The van der Waals surface area contributed by atoms with Crippen molar-refractivity contribution in [1.29, 1.82) is 0 Å². The van der Waals surface area contributed by atoms with Gasteiger partial charge in [-0.3, -0.25) is 4.79 Å². The number of carbonyl (C=O) groups excluding carboxylic acids is 1. The average molecular weight is 370 g/mol. The Labute approximate surface area is 127 Å². The Morgan fingerprint density at radius 2 is 2.11 bits per heavy atom. The third kappa shape index (κ3) is 2.40. The van der Waals surface area contributed by atoms with E-state index < -0.39 is 0 Å². The fraction of sp³-hybridized carbons (Fsp3) is 0.533. The molecule has 0 aromatic heterocycles. The van der Waals surface area contributed by atoms with Crippen LogP contribution in [0.15, 0.2) is 18.2 Å². The lowest BCUT2D eigenvalue weighted by molar-refractivity contribution is 0.0679. The molecule has 1 aromatic rings. The highest BCUT2D eigenvalue weighted by Gasteiger charge is 2.38. The van der Waals surface area contributed by atoms with Gasteiger partial charge in [-0.15, -0.1) is 0 Å². The highest BCUT2D eigenvalue weighted by molar-refractivity contribution is 14.1. The summed E-state index contributed by atoms with van der Waals surface area (Å²) in [5, 5.41) is 3.45. The van der Waals surface area contributed by atoms with Crippen LogP contribution in [0.25, 0.3) is 0 Å². The van der Waals surface area contributed by atoms with Crippen LogP contribution in [-0.4, -0.2) is 36.0 Å². The van der Waals surface area contributed by atoms with Crippen molar-refractivity contribution >= 4 is 28.5 Å². The highest BCUT2D eigenvalue weighted by atomic mass is 127. The van der Waals surface area contributed by atoms with Gasteiger partial charge < -0.3 is 10.2 Å². The van der Waals surface area contributed by atoms with E-state index in [1.807, 2.05) is 19.1 Å². The fourth-order valence-electron chi connectivity index (χ4n) is 3.29. The monoisotopic (exact) mass is 370 g/mol. The summed E-state index contributed by atoms with van der Waals surface area (Å²) < 4.78 is 1.17. The van der Waals surface area contributed by atoms with E-state index in [9.17, 15) is 4.79 Å². The number of benzene rings is 1. The second kappa shape index (κ2) is 5.40. The zero-order chi connectivity index (χ0) is 13.4. The lowest BCUT2D eigenvalue weighted by Crippen LogP contribution is -2.42. The van der Waals surface area contributed by atoms with Crippen molar-refractivity contribution in [2.24, 2.45) is 0 Å². The summed E-state index contributed by atoms with van der Waals surface area (Å²) in [6.07, 6.45) is 3.40. The third-order valence-corrected chi connectivity index (χ3v) is 5.56. The quantitative estimate of drug-likeness (QED) is 0.771. The molecule has 2 aliphatic rings. The van der Waals surface area contributed by atoms with E-state index in [4.69, 9.17) is 0 Å². The Hall–Kier alpha value is -0.620. The van der Waals surface area contributed by atoms with Crippen molar-refractivity contribution < 1.29 is 4.79 Å². The van der Waals surface area contributed by atoms with Crippen molar-refractivity contribution in [2.45, 2.75) is 38.3 Å². The Morgan fingerprint density at radius 1 is 1.32 bits per heavy atom. The SMILES string of the molecule is Cc1c(I)cccc1C(=O)N1C2CCNCC1CC2. The fourth-order valence-corrected chi connectivity index (χ4v) is 3.79. The maximum Gasteiger partial charge on any atom is 0.254 e. The Bertz CT molecular complexity index is 489. The van der Waals surface area contributed by atoms with Crippen molar-refractivity contribution in [2.75, 3.05) is 13.1 Å². The van der Waals surface area contributed by atoms with Crippen LogP contribution in [-0.2, 0) is 0 Å². The molecule has 2 fully saturated rings. The number of carbonyl (C=O) groups is 1. The number of amides is 1. The molecular weight excluding hydrogens is 351 g/mol. The van der Waals surface area contributed by atoms with Crippen LogP contribution in [0.3, 0.4) is 0 Å². The van der Waals surface area contributed by atoms with Gasteiger partial charge in [0.05, 0.1) is 0 Å². The molecule has 0 spiro atoms. The lowest BCUT2D eigenvalue weighted by atomic mass is 10.1. The summed E-state index contributed by atoms with van der Waals surface area (Å²) in [6, 6.07) is 6.84. The summed E-state index contributed by atoms with van der Waals surface area (Å²) in [7, 11) is 0. The lowest BCUT2D eigenvalue weighted by Gasteiger charge is -2.28. The van der Waals surface area contributed by atoms with Crippen LogP contribution in [0.5, 0.6) is 0 Å². The van der Waals surface area contributed by atoms with Gasteiger partial charge in [-0.05, 0) is 73.0 Å². The predicted octanol–water partition coefficient (Wildman–Crippen LogP) is 2.57. The van der Waals surface area contributed by atoms with E-state index in [1.165, 1.54) is 9.99 Å². The summed E-state index contributed by atoms with van der Waals surface area (Å²) in [4.78, 5) is 15.0. The minimum Gasteiger partial charge on any atom is -0.331 e. The van der Waals surface area contributed by atoms with Gasteiger partial charge in [0.25, 0.3) is 5.91 Å². The summed E-state index contributed by atoms with van der Waals surface area (Å²) in [5.74, 6) is 0.229. The zero-order valence-electron chi connectivity index (χ0n) is 11.2. The van der Waals surface area contributed by atoms with Crippen LogP contribution in [0.2, 0.25) is 0 Å².